The normalized spacial score (nSPS) is 15.4. The third-order valence-corrected chi connectivity index (χ3v) is 4.75. The lowest BCUT2D eigenvalue weighted by Crippen LogP contribution is -2.49. The molecule has 1 aromatic carbocycles. The molecule has 2 heterocycles. The summed E-state index contributed by atoms with van der Waals surface area (Å²) in [5, 5.41) is 11.0. The molecule has 3 rings (SSSR count). The van der Waals surface area contributed by atoms with Crippen molar-refractivity contribution in [2.75, 3.05) is 26.7 Å². The van der Waals surface area contributed by atoms with Crippen LogP contribution in [0.1, 0.15) is 25.3 Å². The number of hydrogen-bond donors (Lipinski definition) is 2. The van der Waals surface area contributed by atoms with Crippen molar-refractivity contribution in [3.63, 3.8) is 0 Å². The Morgan fingerprint density at radius 3 is 2.64 bits per heavy atom. The highest BCUT2D eigenvalue weighted by atomic mass is 16.6. The molecule has 1 saturated heterocycles. The second-order valence-corrected chi connectivity index (χ2v) is 6.65. The van der Waals surface area contributed by atoms with Gasteiger partial charge >= 0.3 is 6.09 Å². The van der Waals surface area contributed by atoms with Gasteiger partial charge < -0.3 is 20.3 Å². The number of likely N-dealkylation sites (tertiary alicyclic amines) is 1. The van der Waals surface area contributed by atoms with Crippen LogP contribution >= 0.6 is 0 Å². The Balaban J connectivity index is 1.44. The van der Waals surface area contributed by atoms with Crippen LogP contribution in [0.15, 0.2) is 47.7 Å². The van der Waals surface area contributed by atoms with E-state index in [0.29, 0.717) is 32.3 Å². The zero-order valence-electron chi connectivity index (χ0n) is 16.5. The van der Waals surface area contributed by atoms with Crippen LogP contribution in [-0.2, 0) is 11.3 Å². The number of aromatic nitrogens is 2. The van der Waals surface area contributed by atoms with Crippen molar-refractivity contribution in [3.8, 4) is 5.69 Å². The predicted molar refractivity (Wildman–Crippen MR) is 109 cm³/mol. The molecule has 2 aromatic rings. The first kappa shape index (κ1) is 19.7. The summed E-state index contributed by atoms with van der Waals surface area (Å²) in [7, 11) is 1.77. The highest BCUT2D eigenvalue weighted by Crippen LogP contribution is 2.12. The van der Waals surface area contributed by atoms with Crippen molar-refractivity contribution < 1.29 is 9.53 Å². The molecule has 1 amide bonds. The molecule has 0 radical (unpaired) electrons. The number of rotatable bonds is 5. The zero-order chi connectivity index (χ0) is 19.8. The molecule has 2 N–H and O–H groups in total. The third-order valence-electron chi connectivity index (χ3n) is 4.75. The SMILES string of the molecule is CCOC(=O)N1CCC(NC(=NC)NCc2ccc(-n3cccn3)cc2)CC1. The molecule has 0 unspecified atom stereocenters. The van der Waals surface area contributed by atoms with Crippen molar-refractivity contribution in [1.29, 1.82) is 0 Å². The molecule has 8 heteroatoms. The Labute approximate surface area is 165 Å². The third kappa shape index (κ3) is 5.25. The number of piperidine rings is 1. The van der Waals surface area contributed by atoms with Gasteiger partial charge in [-0.05, 0) is 43.5 Å². The predicted octanol–water partition coefficient (Wildman–Crippen LogP) is 2.16. The molecule has 1 aliphatic heterocycles. The summed E-state index contributed by atoms with van der Waals surface area (Å²) in [6.45, 7) is 4.31. The molecule has 1 aliphatic rings. The van der Waals surface area contributed by atoms with Crippen LogP contribution in [0.5, 0.6) is 0 Å². The second-order valence-electron chi connectivity index (χ2n) is 6.65. The molecule has 0 atom stereocenters. The number of carbonyl (C=O) groups excluding carboxylic acids is 1. The topological polar surface area (TPSA) is 83.8 Å². The van der Waals surface area contributed by atoms with Gasteiger partial charge in [-0.2, -0.15) is 5.10 Å². The van der Waals surface area contributed by atoms with Crippen molar-refractivity contribution in [3.05, 3.63) is 48.3 Å². The van der Waals surface area contributed by atoms with Crippen molar-refractivity contribution in [1.82, 2.24) is 25.3 Å². The fourth-order valence-corrected chi connectivity index (χ4v) is 3.18. The number of amides is 1. The molecule has 0 spiro atoms. The maximum absolute atomic E-state index is 11.8. The molecule has 8 nitrogen and oxygen atoms in total. The van der Waals surface area contributed by atoms with E-state index in [0.717, 1.165) is 30.1 Å². The molecule has 1 aromatic heterocycles. The highest BCUT2D eigenvalue weighted by molar-refractivity contribution is 5.80. The summed E-state index contributed by atoms with van der Waals surface area (Å²) in [4.78, 5) is 17.9. The number of aliphatic imine (C=N–C) groups is 1. The maximum Gasteiger partial charge on any atom is 0.409 e. The zero-order valence-corrected chi connectivity index (χ0v) is 16.5. The van der Waals surface area contributed by atoms with E-state index in [1.54, 1.807) is 18.1 Å². The van der Waals surface area contributed by atoms with Gasteiger partial charge in [0.15, 0.2) is 5.96 Å². The van der Waals surface area contributed by atoms with Gasteiger partial charge in [0.25, 0.3) is 0 Å². The fourth-order valence-electron chi connectivity index (χ4n) is 3.18. The van der Waals surface area contributed by atoms with Crippen LogP contribution in [0.25, 0.3) is 5.69 Å². The van der Waals surface area contributed by atoms with Gasteiger partial charge in [0, 0.05) is 45.1 Å². The molecule has 28 heavy (non-hydrogen) atoms. The smallest absolute Gasteiger partial charge is 0.409 e. The van der Waals surface area contributed by atoms with E-state index in [9.17, 15) is 4.79 Å². The lowest BCUT2D eigenvalue weighted by Gasteiger charge is -2.32. The summed E-state index contributed by atoms with van der Waals surface area (Å²) in [6, 6.07) is 10.4. The molecule has 0 saturated carbocycles. The van der Waals surface area contributed by atoms with Crippen LogP contribution in [0, 0.1) is 0 Å². The standard InChI is InChI=1S/C20H28N6O2/c1-3-28-20(27)25-13-9-17(10-14-25)24-19(21-2)22-15-16-5-7-18(8-6-16)26-12-4-11-23-26/h4-8,11-12,17H,3,9-10,13-15H2,1-2H3,(H2,21,22,24). The number of benzene rings is 1. The minimum absolute atomic E-state index is 0.220. The van der Waals surface area contributed by atoms with Gasteiger partial charge in [-0.25, -0.2) is 9.48 Å². The summed E-state index contributed by atoms with van der Waals surface area (Å²) in [5.41, 5.74) is 2.20. The Bertz CT molecular complexity index is 765. The van der Waals surface area contributed by atoms with E-state index in [-0.39, 0.29) is 6.09 Å². The van der Waals surface area contributed by atoms with Crippen LogP contribution in [-0.4, -0.2) is 59.5 Å². The van der Waals surface area contributed by atoms with E-state index in [4.69, 9.17) is 4.74 Å². The molecular weight excluding hydrogens is 356 g/mol. The van der Waals surface area contributed by atoms with Gasteiger partial charge in [-0.3, -0.25) is 4.99 Å². The minimum atomic E-state index is -0.220. The monoisotopic (exact) mass is 384 g/mol. The highest BCUT2D eigenvalue weighted by Gasteiger charge is 2.23. The Kier molecular flexibility index (Phi) is 6.89. The molecule has 1 fully saturated rings. The van der Waals surface area contributed by atoms with Crippen LogP contribution in [0.2, 0.25) is 0 Å². The van der Waals surface area contributed by atoms with Gasteiger partial charge in [-0.1, -0.05) is 12.1 Å². The van der Waals surface area contributed by atoms with E-state index in [2.05, 4.69) is 32.9 Å². The van der Waals surface area contributed by atoms with Crippen LogP contribution in [0.3, 0.4) is 0 Å². The summed E-state index contributed by atoms with van der Waals surface area (Å²) >= 11 is 0. The Morgan fingerprint density at radius 1 is 1.29 bits per heavy atom. The van der Waals surface area contributed by atoms with Crippen LogP contribution < -0.4 is 10.6 Å². The van der Waals surface area contributed by atoms with Crippen molar-refractivity contribution in [2.45, 2.75) is 32.4 Å². The van der Waals surface area contributed by atoms with Gasteiger partial charge in [0.1, 0.15) is 0 Å². The molecule has 150 valence electrons. The average Bonchev–Trinajstić information content (AvgIpc) is 3.27. The number of hydrogen-bond acceptors (Lipinski definition) is 4. The lowest BCUT2D eigenvalue weighted by atomic mass is 10.1. The van der Waals surface area contributed by atoms with Crippen molar-refractivity contribution >= 4 is 12.1 Å². The molecule has 0 bridgehead atoms. The Morgan fingerprint density at radius 2 is 2.04 bits per heavy atom. The van der Waals surface area contributed by atoms with E-state index in [1.165, 1.54) is 0 Å². The molecular formula is C20H28N6O2. The first-order valence-electron chi connectivity index (χ1n) is 9.67. The first-order chi connectivity index (χ1) is 13.7. The van der Waals surface area contributed by atoms with E-state index in [1.807, 2.05) is 36.0 Å². The van der Waals surface area contributed by atoms with Gasteiger partial charge in [0.2, 0.25) is 0 Å². The number of ether oxygens (including phenoxy) is 1. The number of nitrogens with zero attached hydrogens (tertiary/aromatic N) is 4. The second kappa shape index (κ2) is 9.77. The maximum atomic E-state index is 11.8. The van der Waals surface area contributed by atoms with Gasteiger partial charge in [-0.15, -0.1) is 0 Å². The number of guanidine groups is 1. The summed E-state index contributed by atoms with van der Waals surface area (Å²) in [5.74, 6) is 0.769. The average molecular weight is 384 g/mol. The number of nitrogens with one attached hydrogen (secondary N) is 2. The summed E-state index contributed by atoms with van der Waals surface area (Å²) in [6.07, 6.45) is 5.21. The Hall–Kier alpha value is -3.03. The van der Waals surface area contributed by atoms with Crippen LogP contribution in [0.4, 0.5) is 4.79 Å². The van der Waals surface area contributed by atoms with E-state index < -0.39 is 0 Å². The largest absolute Gasteiger partial charge is 0.450 e. The summed E-state index contributed by atoms with van der Waals surface area (Å²) < 4.78 is 6.90. The lowest BCUT2D eigenvalue weighted by molar-refractivity contribution is 0.0963. The fraction of sp³-hybridized carbons (Fsp3) is 0.450. The van der Waals surface area contributed by atoms with Gasteiger partial charge in [0.05, 0.1) is 12.3 Å². The first-order valence-corrected chi connectivity index (χ1v) is 9.67. The molecule has 0 aliphatic carbocycles. The van der Waals surface area contributed by atoms with Crippen molar-refractivity contribution in [2.24, 2.45) is 4.99 Å². The quantitative estimate of drug-likeness (QED) is 0.610. The number of carbonyl (C=O) groups is 1. The van der Waals surface area contributed by atoms with E-state index >= 15 is 0 Å². The minimum Gasteiger partial charge on any atom is -0.450 e.